The Labute approximate surface area is 155 Å². The van der Waals surface area contributed by atoms with E-state index in [4.69, 9.17) is 0 Å². The van der Waals surface area contributed by atoms with E-state index in [9.17, 15) is 4.79 Å². The maximum absolute atomic E-state index is 12.9. The lowest BCUT2D eigenvalue weighted by molar-refractivity contribution is 0.0785. The third kappa shape index (κ3) is 2.80. The topological polar surface area (TPSA) is 56.0 Å². The molecule has 0 radical (unpaired) electrons. The fraction of sp³-hybridized carbons (Fsp3) is 0.211. The summed E-state index contributed by atoms with van der Waals surface area (Å²) in [5.74, 6) is 0.849. The molecule has 0 aliphatic carbocycles. The van der Waals surface area contributed by atoms with Crippen LogP contribution in [0.25, 0.3) is 15.9 Å². The van der Waals surface area contributed by atoms with Crippen molar-refractivity contribution in [1.82, 2.24) is 24.2 Å². The number of nitrogens with zero attached hydrogens (tertiary/aromatic N) is 5. The minimum atomic E-state index is -0.00629. The number of benzene rings is 1. The van der Waals surface area contributed by atoms with E-state index in [1.807, 2.05) is 65.8 Å². The van der Waals surface area contributed by atoms with Gasteiger partial charge in [-0.25, -0.2) is 9.67 Å². The van der Waals surface area contributed by atoms with Crippen molar-refractivity contribution in [2.75, 3.05) is 7.05 Å². The van der Waals surface area contributed by atoms with Crippen molar-refractivity contribution < 1.29 is 4.79 Å². The molecule has 1 amide bonds. The van der Waals surface area contributed by atoms with Crippen LogP contribution in [0.1, 0.15) is 21.2 Å². The third-order valence-electron chi connectivity index (χ3n) is 4.40. The Morgan fingerprint density at radius 1 is 1.27 bits per heavy atom. The van der Waals surface area contributed by atoms with E-state index in [0.29, 0.717) is 11.4 Å². The zero-order chi connectivity index (χ0) is 18.3. The summed E-state index contributed by atoms with van der Waals surface area (Å²) in [5.41, 5.74) is 1.92. The number of carbonyl (C=O) groups is 1. The standard InChI is InChI=1S/C19H19N5OS/c1-13-15-11-16(18(25)23(3)12-17-20-9-10-22(17)2)26-19(15)24(21-13)14-7-5-4-6-8-14/h4-11H,12H2,1-3H3. The van der Waals surface area contributed by atoms with Gasteiger partial charge in [0.2, 0.25) is 0 Å². The highest BCUT2D eigenvalue weighted by Crippen LogP contribution is 2.31. The molecule has 132 valence electrons. The van der Waals surface area contributed by atoms with Crippen LogP contribution in [0.5, 0.6) is 0 Å². The molecular weight excluding hydrogens is 346 g/mol. The normalized spacial score (nSPS) is 11.2. The number of rotatable bonds is 4. The second-order valence-electron chi connectivity index (χ2n) is 6.28. The highest BCUT2D eigenvalue weighted by molar-refractivity contribution is 7.20. The van der Waals surface area contributed by atoms with E-state index in [1.165, 1.54) is 11.3 Å². The smallest absolute Gasteiger partial charge is 0.264 e. The molecule has 0 fully saturated rings. The summed E-state index contributed by atoms with van der Waals surface area (Å²) >= 11 is 1.47. The second kappa shape index (κ2) is 6.42. The molecule has 0 aliphatic heterocycles. The largest absolute Gasteiger partial charge is 0.337 e. The first-order chi connectivity index (χ1) is 12.5. The van der Waals surface area contributed by atoms with Crippen LogP contribution in [-0.4, -0.2) is 37.2 Å². The molecule has 3 heterocycles. The number of amides is 1. The quantitative estimate of drug-likeness (QED) is 0.557. The van der Waals surface area contributed by atoms with Crippen LogP contribution in [0, 0.1) is 6.92 Å². The van der Waals surface area contributed by atoms with Gasteiger partial charge in [-0.05, 0) is 25.1 Å². The van der Waals surface area contributed by atoms with Crippen LogP contribution >= 0.6 is 11.3 Å². The number of para-hydroxylation sites is 1. The second-order valence-corrected chi connectivity index (χ2v) is 7.31. The zero-order valence-corrected chi connectivity index (χ0v) is 15.7. The highest BCUT2D eigenvalue weighted by atomic mass is 32.1. The van der Waals surface area contributed by atoms with E-state index >= 15 is 0 Å². The van der Waals surface area contributed by atoms with Gasteiger partial charge >= 0.3 is 0 Å². The molecule has 0 unspecified atom stereocenters. The van der Waals surface area contributed by atoms with Crippen molar-refractivity contribution in [3.63, 3.8) is 0 Å². The Kier molecular flexibility index (Phi) is 4.08. The van der Waals surface area contributed by atoms with E-state index in [2.05, 4.69) is 10.1 Å². The molecule has 0 saturated heterocycles. The van der Waals surface area contributed by atoms with E-state index in [0.717, 1.165) is 27.4 Å². The van der Waals surface area contributed by atoms with Gasteiger partial charge in [-0.15, -0.1) is 11.3 Å². The number of imidazole rings is 1. The first-order valence-electron chi connectivity index (χ1n) is 8.31. The molecule has 3 aromatic heterocycles. The Bertz CT molecular complexity index is 1080. The lowest BCUT2D eigenvalue weighted by Gasteiger charge is -2.15. The number of hydrogen-bond acceptors (Lipinski definition) is 4. The van der Waals surface area contributed by atoms with E-state index in [-0.39, 0.29) is 5.91 Å². The first kappa shape index (κ1) is 16.5. The average molecular weight is 365 g/mol. The zero-order valence-electron chi connectivity index (χ0n) is 14.9. The van der Waals surface area contributed by atoms with Crippen molar-refractivity contribution in [3.05, 3.63) is 65.2 Å². The summed E-state index contributed by atoms with van der Waals surface area (Å²) < 4.78 is 3.83. The molecule has 0 saturated carbocycles. The van der Waals surface area contributed by atoms with Crippen molar-refractivity contribution in [3.8, 4) is 5.69 Å². The maximum Gasteiger partial charge on any atom is 0.264 e. The van der Waals surface area contributed by atoms with Gasteiger partial charge in [-0.3, -0.25) is 4.79 Å². The molecule has 0 aliphatic rings. The Morgan fingerprint density at radius 3 is 2.73 bits per heavy atom. The van der Waals surface area contributed by atoms with Gasteiger partial charge in [0.15, 0.2) is 0 Å². The van der Waals surface area contributed by atoms with Crippen molar-refractivity contribution >= 4 is 27.5 Å². The molecule has 4 aromatic rings. The fourth-order valence-corrected chi connectivity index (χ4v) is 4.10. The molecule has 0 atom stereocenters. The highest BCUT2D eigenvalue weighted by Gasteiger charge is 2.20. The molecule has 1 aromatic carbocycles. The number of carbonyl (C=O) groups excluding carboxylic acids is 1. The maximum atomic E-state index is 12.9. The predicted octanol–water partition coefficient (Wildman–Crippen LogP) is 3.40. The summed E-state index contributed by atoms with van der Waals surface area (Å²) in [6, 6.07) is 11.9. The number of thiophene rings is 1. The SMILES string of the molecule is Cc1nn(-c2ccccc2)c2sc(C(=O)N(C)Cc3nccn3C)cc12. The van der Waals surface area contributed by atoms with Crippen LogP contribution in [0.15, 0.2) is 48.8 Å². The van der Waals surface area contributed by atoms with Crippen LogP contribution in [0.2, 0.25) is 0 Å². The monoisotopic (exact) mass is 365 g/mol. The average Bonchev–Trinajstić information content (AvgIpc) is 3.33. The summed E-state index contributed by atoms with van der Waals surface area (Å²) in [6.07, 6.45) is 3.62. The predicted molar refractivity (Wildman–Crippen MR) is 103 cm³/mol. The molecule has 6 nitrogen and oxygen atoms in total. The number of aromatic nitrogens is 4. The molecular formula is C19H19N5OS. The first-order valence-corrected chi connectivity index (χ1v) is 9.12. The minimum Gasteiger partial charge on any atom is -0.337 e. The Morgan fingerprint density at radius 2 is 2.04 bits per heavy atom. The van der Waals surface area contributed by atoms with Crippen LogP contribution < -0.4 is 0 Å². The van der Waals surface area contributed by atoms with Gasteiger partial charge in [-0.1, -0.05) is 18.2 Å². The molecule has 0 bridgehead atoms. The van der Waals surface area contributed by atoms with Crippen molar-refractivity contribution in [1.29, 1.82) is 0 Å². The number of fused-ring (bicyclic) bond motifs is 1. The third-order valence-corrected chi connectivity index (χ3v) is 5.50. The molecule has 4 rings (SSSR count). The summed E-state index contributed by atoms with van der Waals surface area (Å²) in [6.45, 7) is 2.45. The number of aryl methyl sites for hydroxylation is 2. The van der Waals surface area contributed by atoms with E-state index in [1.54, 1.807) is 18.1 Å². The summed E-state index contributed by atoms with van der Waals surface area (Å²) in [4.78, 5) is 20.6. The summed E-state index contributed by atoms with van der Waals surface area (Å²) in [7, 11) is 3.73. The van der Waals surface area contributed by atoms with E-state index < -0.39 is 0 Å². The van der Waals surface area contributed by atoms with Crippen LogP contribution in [0.4, 0.5) is 0 Å². The van der Waals surface area contributed by atoms with Crippen LogP contribution in [-0.2, 0) is 13.6 Å². The van der Waals surface area contributed by atoms with Gasteiger partial charge in [0, 0.05) is 31.9 Å². The molecule has 0 spiro atoms. The minimum absolute atomic E-state index is 0.00629. The lowest BCUT2D eigenvalue weighted by atomic mass is 10.3. The number of hydrogen-bond donors (Lipinski definition) is 0. The lowest BCUT2D eigenvalue weighted by Crippen LogP contribution is -2.26. The van der Waals surface area contributed by atoms with Crippen molar-refractivity contribution in [2.24, 2.45) is 7.05 Å². The molecule has 7 heteroatoms. The van der Waals surface area contributed by atoms with Gasteiger partial charge in [0.25, 0.3) is 5.91 Å². The van der Waals surface area contributed by atoms with Crippen molar-refractivity contribution in [2.45, 2.75) is 13.5 Å². The van der Waals surface area contributed by atoms with Gasteiger partial charge in [0.05, 0.1) is 22.8 Å². The Balaban J connectivity index is 1.67. The Hall–Kier alpha value is -2.93. The van der Waals surface area contributed by atoms with Gasteiger partial charge in [-0.2, -0.15) is 5.10 Å². The van der Waals surface area contributed by atoms with Crippen LogP contribution in [0.3, 0.4) is 0 Å². The molecule has 0 N–H and O–H groups in total. The molecule has 26 heavy (non-hydrogen) atoms. The van der Waals surface area contributed by atoms with Gasteiger partial charge in [0.1, 0.15) is 10.7 Å². The summed E-state index contributed by atoms with van der Waals surface area (Å²) in [5, 5.41) is 5.65. The van der Waals surface area contributed by atoms with Gasteiger partial charge < -0.3 is 9.47 Å². The fourth-order valence-electron chi connectivity index (χ4n) is 2.92.